The van der Waals surface area contributed by atoms with Crippen molar-refractivity contribution in [2.75, 3.05) is 10.2 Å². The quantitative estimate of drug-likeness (QED) is 0.0231. The zero-order valence-electron chi connectivity index (χ0n) is 42.7. The molecule has 0 radical (unpaired) electrons. The molecular formula is C62H60F3N3O9. The number of ether oxygens (including phenoxy) is 2. The molecule has 0 spiro atoms. The topological polar surface area (TPSA) is 164 Å². The molecule has 2 heterocycles. The van der Waals surface area contributed by atoms with Crippen LogP contribution in [0.4, 0.5) is 24.5 Å². The zero-order valence-corrected chi connectivity index (χ0v) is 42.7. The van der Waals surface area contributed by atoms with Gasteiger partial charge < -0.3 is 39.3 Å². The fourth-order valence-electron chi connectivity index (χ4n) is 10.0. The number of halogens is 3. The number of aromatic nitrogens is 1. The molecule has 3 N–H and O–H groups in total. The van der Waals surface area contributed by atoms with Gasteiger partial charge in [0.1, 0.15) is 35.6 Å². The average Bonchev–Trinajstić information content (AvgIpc) is 3.84. The predicted molar refractivity (Wildman–Crippen MR) is 286 cm³/mol. The minimum absolute atomic E-state index is 0.0656. The fraction of sp³-hybridized carbons (Fsp3) is 0.274. The molecule has 1 aliphatic heterocycles. The first-order chi connectivity index (χ1) is 37.2. The fourth-order valence-corrected chi connectivity index (χ4v) is 10.0. The second-order valence-corrected chi connectivity index (χ2v) is 19.5. The number of β-lactam (4-membered cyclic amide) rings is 1. The van der Waals surface area contributed by atoms with Gasteiger partial charge in [-0.2, -0.15) is 0 Å². The molecule has 1 fully saturated rings. The van der Waals surface area contributed by atoms with Crippen molar-refractivity contribution in [3.63, 3.8) is 0 Å². The molecule has 8 rings (SSSR count). The van der Waals surface area contributed by atoms with E-state index in [1.165, 1.54) is 60.7 Å². The number of amides is 2. The molecule has 15 heteroatoms. The lowest BCUT2D eigenvalue weighted by molar-refractivity contribution is -0.151. The molecule has 12 nitrogen and oxygen atoms in total. The molecule has 398 valence electrons. The molecule has 6 aromatic carbocycles. The van der Waals surface area contributed by atoms with Gasteiger partial charge in [0.15, 0.2) is 0 Å². The van der Waals surface area contributed by atoms with E-state index in [9.17, 15) is 47.4 Å². The van der Waals surface area contributed by atoms with E-state index < -0.39 is 59.7 Å². The number of rotatable bonds is 24. The van der Waals surface area contributed by atoms with Crippen LogP contribution < -0.4 is 15.0 Å². The van der Waals surface area contributed by atoms with Gasteiger partial charge in [0.25, 0.3) is 5.91 Å². The molecule has 1 saturated heterocycles. The maximum atomic E-state index is 14.4. The molecule has 2 unspecified atom stereocenters. The molecule has 1 aliphatic rings. The Labute approximate surface area is 445 Å². The van der Waals surface area contributed by atoms with E-state index in [4.69, 9.17) is 9.47 Å². The van der Waals surface area contributed by atoms with Crippen LogP contribution in [0, 0.1) is 23.4 Å². The smallest absolute Gasteiger partial charge is 0.311 e. The van der Waals surface area contributed by atoms with Crippen molar-refractivity contribution >= 4 is 41.4 Å². The van der Waals surface area contributed by atoms with Gasteiger partial charge in [-0.1, -0.05) is 86.6 Å². The minimum Gasteiger partial charge on any atom is -0.462 e. The molecule has 77 heavy (non-hydrogen) atoms. The minimum atomic E-state index is -1.07. The predicted octanol–water partition coefficient (Wildman–Crippen LogP) is 12.3. The number of carbonyl (C=O) groups is 5. The number of aldehydes is 1. The Morgan fingerprint density at radius 2 is 1.31 bits per heavy atom. The summed E-state index contributed by atoms with van der Waals surface area (Å²) < 4.78 is 55.0. The van der Waals surface area contributed by atoms with E-state index in [-0.39, 0.29) is 75.0 Å². The van der Waals surface area contributed by atoms with Crippen molar-refractivity contribution in [2.45, 2.75) is 102 Å². The Morgan fingerprint density at radius 3 is 1.94 bits per heavy atom. The summed E-state index contributed by atoms with van der Waals surface area (Å²) in [6.45, 7) is 4.14. The molecule has 7 aromatic rings. The lowest BCUT2D eigenvalue weighted by Gasteiger charge is -2.48. The lowest BCUT2D eigenvalue weighted by atomic mass is 9.78. The first kappa shape index (κ1) is 55.1. The third kappa shape index (κ3) is 13.6. The highest BCUT2D eigenvalue weighted by atomic mass is 19.1. The van der Waals surface area contributed by atoms with Gasteiger partial charge in [0.2, 0.25) is 5.91 Å². The van der Waals surface area contributed by atoms with Gasteiger partial charge in [-0.3, -0.25) is 19.2 Å². The third-order valence-electron chi connectivity index (χ3n) is 13.7. The Hall–Kier alpha value is -8.14. The van der Waals surface area contributed by atoms with Crippen molar-refractivity contribution in [3.05, 3.63) is 198 Å². The number of nitrogens with one attached hydrogen (secondary N) is 1. The van der Waals surface area contributed by atoms with E-state index in [2.05, 4.69) is 5.32 Å². The summed E-state index contributed by atoms with van der Waals surface area (Å²) in [5, 5.41) is 25.4. The standard InChI is InChI=1S/C62H60F3N3O9/c1-39(2)58-57(61(74)66-47-12-7-4-8-13-47)56(41-10-5-3-6-11-41)60(43-18-24-45(64)25-19-43)67(58)36-34-49(70)38-51(35-37-69)77-55(73)15-9-14-54(72)76-50-30-20-42(21-31-50)59-52(32-33-53(71)40-16-22-44(63)23-17-40)62(75)68(59)48-28-26-46(65)27-29-48/h3-8,10-13,16-31,37,39,49,51-53,59,70-71H,9,14-15,32-36,38H2,1-2H3,(H,66,74)/t49?,51?,52-,53+,59-/m1/s1. The van der Waals surface area contributed by atoms with Crippen LogP contribution >= 0.6 is 0 Å². The summed E-state index contributed by atoms with van der Waals surface area (Å²) >= 11 is 0. The number of esters is 2. The average molecular weight is 1050 g/mol. The highest BCUT2D eigenvalue weighted by Crippen LogP contribution is 2.47. The van der Waals surface area contributed by atoms with E-state index in [0.717, 1.165) is 5.56 Å². The summed E-state index contributed by atoms with van der Waals surface area (Å²) in [6.07, 6.45) is -2.21. The normalized spacial score (nSPS) is 15.3. The number of hydrogen-bond donors (Lipinski definition) is 3. The highest BCUT2D eigenvalue weighted by Gasteiger charge is 2.48. The summed E-state index contributed by atoms with van der Waals surface area (Å²) in [7, 11) is 0. The van der Waals surface area contributed by atoms with Crippen molar-refractivity contribution in [1.82, 2.24) is 4.57 Å². The first-order valence-corrected chi connectivity index (χ1v) is 25.8. The molecule has 0 aliphatic carbocycles. The number of nitrogens with zero attached hydrogens (tertiary/aromatic N) is 2. The maximum absolute atomic E-state index is 14.4. The number of carbonyl (C=O) groups excluding carboxylic acids is 5. The number of aliphatic hydroxyl groups excluding tert-OH is 2. The van der Waals surface area contributed by atoms with Crippen LogP contribution in [0.3, 0.4) is 0 Å². The molecule has 2 amide bonds. The van der Waals surface area contributed by atoms with Crippen LogP contribution in [0.15, 0.2) is 158 Å². The van der Waals surface area contributed by atoms with Gasteiger partial charge in [-0.25, -0.2) is 13.2 Å². The van der Waals surface area contributed by atoms with Crippen LogP contribution in [0.5, 0.6) is 5.75 Å². The van der Waals surface area contributed by atoms with Crippen molar-refractivity contribution in [3.8, 4) is 28.1 Å². The number of hydrogen-bond acceptors (Lipinski definition) is 9. The van der Waals surface area contributed by atoms with Crippen molar-refractivity contribution < 1.29 is 56.8 Å². The number of anilines is 2. The molecule has 1 aromatic heterocycles. The zero-order chi connectivity index (χ0) is 54.6. The van der Waals surface area contributed by atoms with Gasteiger partial charge in [0.05, 0.1) is 35.4 Å². The summed E-state index contributed by atoms with van der Waals surface area (Å²) in [4.78, 5) is 67.5. The van der Waals surface area contributed by atoms with Gasteiger partial charge in [-0.05, 0) is 139 Å². The van der Waals surface area contributed by atoms with E-state index >= 15 is 0 Å². The van der Waals surface area contributed by atoms with Crippen LogP contribution in [0.25, 0.3) is 22.4 Å². The number of benzene rings is 6. The Balaban J connectivity index is 0.886. The summed E-state index contributed by atoms with van der Waals surface area (Å²) in [6, 6.07) is 41.7. The Kier molecular flexibility index (Phi) is 18.3. The van der Waals surface area contributed by atoms with Crippen LogP contribution in [-0.2, 0) is 30.5 Å². The van der Waals surface area contributed by atoms with Crippen LogP contribution in [0.2, 0.25) is 0 Å². The van der Waals surface area contributed by atoms with Gasteiger partial charge in [0, 0.05) is 54.9 Å². The van der Waals surface area contributed by atoms with Gasteiger partial charge >= 0.3 is 11.9 Å². The highest BCUT2D eigenvalue weighted by molar-refractivity contribution is 6.12. The number of aliphatic hydroxyl groups is 2. The lowest BCUT2D eigenvalue weighted by Crippen LogP contribution is -2.55. The summed E-state index contributed by atoms with van der Waals surface area (Å²) in [5.41, 5.74) is 6.16. The summed E-state index contributed by atoms with van der Waals surface area (Å²) in [5.74, 6) is -3.67. The molecule has 0 bridgehead atoms. The SMILES string of the molecule is CC(C)c1c(C(=O)Nc2ccccc2)c(-c2ccccc2)c(-c2ccc(F)cc2)n1CCC(O)CC(CC=O)OC(=O)CCCC(=O)Oc1ccc([C@@H]2[C@@H](CC[C@H](O)c3ccc(F)cc3)C(=O)N2c2ccc(F)cc2)cc1. The largest absolute Gasteiger partial charge is 0.462 e. The number of para-hydroxylation sites is 1. The molecule has 5 atom stereocenters. The van der Waals surface area contributed by atoms with Gasteiger partial charge in [-0.15, -0.1) is 0 Å². The first-order valence-electron chi connectivity index (χ1n) is 25.8. The second-order valence-electron chi connectivity index (χ2n) is 19.5. The molecular weight excluding hydrogens is 988 g/mol. The maximum Gasteiger partial charge on any atom is 0.311 e. The third-order valence-corrected chi connectivity index (χ3v) is 13.7. The van der Waals surface area contributed by atoms with Crippen molar-refractivity contribution in [1.29, 1.82) is 0 Å². The van der Waals surface area contributed by atoms with Crippen LogP contribution in [-0.4, -0.2) is 57.0 Å². The Morgan fingerprint density at radius 1 is 0.714 bits per heavy atom. The monoisotopic (exact) mass is 1050 g/mol. The van der Waals surface area contributed by atoms with E-state index in [1.54, 1.807) is 53.4 Å². The second kappa shape index (κ2) is 25.6. The Bertz CT molecular complexity index is 3130. The van der Waals surface area contributed by atoms with E-state index in [0.29, 0.717) is 63.3 Å². The molecule has 0 saturated carbocycles. The van der Waals surface area contributed by atoms with E-state index in [1.807, 2.05) is 66.9 Å². The van der Waals surface area contributed by atoms with Crippen LogP contribution in [0.1, 0.15) is 110 Å². The van der Waals surface area contributed by atoms with Crippen molar-refractivity contribution in [2.24, 2.45) is 5.92 Å².